The van der Waals surface area contributed by atoms with E-state index in [1.54, 1.807) is 0 Å². The van der Waals surface area contributed by atoms with Gasteiger partial charge in [0.15, 0.2) is 0 Å². The summed E-state index contributed by atoms with van der Waals surface area (Å²) in [6, 6.07) is 0. The van der Waals surface area contributed by atoms with Crippen LogP contribution in [0.4, 0.5) is 0 Å². The molecule has 0 aromatic heterocycles. The zero-order valence-electron chi connectivity index (χ0n) is 6.06. The molecule has 0 N–H and O–H groups in total. The van der Waals surface area contributed by atoms with E-state index >= 15 is 0 Å². The van der Waals surface area contributed by atoms with Crippen LogP contribution in [-0.2, 0) is 0 Å². The highest BCUT2D eigenvalue weighted by atomic mass is 14.8. The Morgan fingerprint density at radius 1 is 1.30 bits per heavy atom. The van der Waals surface area contributed by atoms with Crippen LogP contribution in [0, 0.1) is 0 Å². The minimum absolute atomic E-state index is 1.11. The highest BCUT2D eigenvalue weighted by Crippen LogP contribution is 2.35. The Balaban J connectivity index is 2.38. The van der Waals surface area contributed by atoms with Crippen LogP contribution in [0.3, 0.4) is 0 Å². The van der Waals surface area contributed by atoms with Crippen LogP contribution in [0.15, 0.2) is 28.4 Å². The first-order valence-corrected chi connectivity index (χ1v) is 3.80. The number of hydrogen-bond acceptors (Lipinski definition) is 1. The average molecular weight is 133 g/mol. The van der Waals surface area contributed by atoms with E-state index in [0.29, 0.717) is 0 Å². The molecule has 2 aliphatic rings. The van der Waals surface area contributed by atoms with Gasteiger partial charge in [-0.15, -0.1) is 0 Å². The lowest BCUT2D eigenvalue weighted by Crippen LogP contribution is -1.91. The number of rotatable bonds is 0. The lowest BCUT2D eigenvalue weighted by atomic mass is 10.0. The fourth-order valence-corrected chi connectivity index (χ4v) is 1.62. The quantitative estimate of drug-likeness (QED) is 0.481. The van der Waals surface area contributed by atoms with E-state index in [4.69, 9.17) is 0 Å². The van der Waals surface area contributed by atoms with Crippen molar-refractivity contribution >= 4 is 6.21 Å². The van der Waals surface area contributed by atoms with Gasteiger partial charge in [0.05, 0.1) is 0 Å². The summed E-state index contributed by atoms with van der Waals surface area (Å²) in [6.07, 6.45) is 6.58. The summed E-state index contributed by atoms with van der Waals surface area (Å²) in [5, 5.41) is 0. The third-order valence-corrected chi connectivity index (χ3v) is 2.21. The van der Waals surface area contributed by atoms with E-state index in [-0.39, 0.29) is 0 Å². The SMILES string of the molecule is C=C1CCC2=C1CCC=N2. The maximum absolute atomic E-state index is 4.34. The molecule has 0 bridgehead atoms. The molecule has 2 rings (SSSR count). The van der Waals surface area contributed by atoms with E-state index in [1.807, 2.05) is 6.21 Å². The molecule has 1 aliphatic heterocycles. The fourth-order valence-electron chi connectivity index (χ4n) is 1.62. The average Bonchev–Trinajstić information content (AvgIpc) is 2.34. The largest absolute Gasteiger partial charge is 0.265 e. The first-order valence-electron chi connectivity index (χ1n) is 3.80. The maximum Gasteiger partial charge on any atom is 0.0437 e. The molecule has 0 saturated carbocycles. The van der Waals surface area contributed by atoms with Crippen LogP contribution < -0.4 is 0 Å². The van der Waals surface area contributed by atoms with Gasteiger partial charge in [-0.3, -0.25) is 4.99 Å². The Bertz CT molecular complexity index is 233. The fraction of sp³-hybridized carbons (Fsp3) is 0.444. The van der Waals surface area contributed by atoms with Crippen LogP contribution in [0.2, 0.25) is 0 Å². The predicted molar refractivity (Wildman–Crippen MR) is 43.1 cm³/mol. The topological polar surface area (TPSA) is 12.4 Å². The van der Waals surface area contributed by atoms with Crippen LogP contribution in [0.25, 0.3) is 0 Å². The summed E-state index contributed by atoms with van der Waals surface area (Å²) in [5.41, 5.74) is 4.07. The van der Waals surface area contributed by atoms with Gasteiger partial charge in [-0.2, -0.15) is 0 Å². The second-order valence-electron chi connectivity index (χ2n) is 2.88. The van der Waals surface area contributed by atoms with Gasteiger partial charge in [0.2, 0.25) is 0 Å². The third-order valence-electron chi connectivity index (χ3n) is 2.21. The number of aliphatic imine (C=N–C) groups is 1. The Labute approximate surface area is 61.2 Å². The summed E-state index contributed by atoms with van der Waals surface area (Å²) in [4.78, 5) is 4.34. The van der Waals surface area contributed by atoms with Gasteiger partial charge in [0.1, 0.15) is 0 Å². The lowest BCUT2D eigenvalue weighted by molar-refractivity contribution is 0.975. The predicted octanol–water partition coefficient (Wildman–Crippen LogP) is 2.46. The van der Waals surface area contributed by atoms with Crippen molar-refractivity contribution in [2.45, 2.75) is 25.7 Å². The molecule has 0 radical (unpaired) electrons. The molecule has 1 heterocycles. The highest BCUT2D eigenvalue weighted by Gasteiger charge is 2.18. The van der Waals surface area contributed by atoms with E-state index in [2.05, 4.69) is 11.6 Å². The lowest BCUT2D eigenvalue weighted by Gasteiger charge is -2.06. The Morgan fingerprint density at radius 2 is 2.20 bits per heavy atom. The normalized spacial score (nSPS) is 23.8. The maximum atomic E-state index is 4.34. The smallest absolute Gasteiger partial charge is 0.0437 e. The molecular formula is C9H11N. The highest BCUT2D eigenvalue weighted by molar-refractivity contribution is 5.64. The molecule has 52 valence electrons. The molecular weight excluding hydrogens is 122 g/mol. The van der Waals surface area contributed by atoms with Crippen molar-refractivity contribution in [1.29, 1.82) is 0 Å². The van der Waals surface area contributed by atoms with Crippen molar-refractivity contribution in [2.24, 2.45) is 4.99 Å². The Hall–Kier alpha value is -0.850. The second-order valence-corrected chi connectivity index (χ2v) is 2.88. The molecule has 1 aliphatic carbocycles. The molecule has 0 amide bonds. The van der Waals surface area contributed by atoms with E-state index < -0.39 is 0 Å². The zero-order valence-corrected chi connectivity index (χ0v) is 6.06. The Morgan fingerprint density at radius 3 is 3.00 bits per heavy atom. The third kappa shape index (κ3) is 0.737. The first kappa shape index (κ1) is 5.90. The molecule has 0 unspecified atom stereocenters. The van der Waals surface area contributed by atoms with Gasteiger partial charge in [-0.1, -0.05) is 6.58 Å². The van der Waals surface area contributed by atoms with Gasteiger partial charge in [-0.05, 0) is 36.8 Å². The van der Waals surface area contributed by atoms with Crippen molar-refractivity contribution in [3.63, 3.8) is 0 Å². The minimum atomic E-state index is 1.11. The van der Waals surface area contributed by atoms with Crippen LogP contribution >= 0.6 is 0 Å². The summed E-state index contributed by atoms with van der Waals surface area (Å²) >= 11 is 0. The van der Waals surface area contributed by atoms with Crippen LogP contribution in [0.1, 0.15) is 25.7 Å². The zero-order chi connectivity index (χ0) is 6.97. The molecule has 0 spiro atoms. The standard InChI is InChI=1S/C9H11N/c1-7-4-5-9-8(7)3-2-6-10-9/h6H,1-5H2. The summed E-state index contributed by atoms with van der Waals surface area (Å²) < 4.78 is 0. The molecule has 1 heteroatoms. The number of nitrogens with zero attached hydrogens (tertiary/aromatic N) is 1. The van der Waals surface area contributed by atoms with Crippen LogP contribution in [-0.4, -0.2) is 6.21 Å². The number of hydrogen-bond donors (Lipinski definition) is 0. The number of allylic oxidation sites excluding steroid dienone is 3. The molecule has 0 aromatic rings. The van der Waals surface area contributed by atoms with E-state index in [0.717, 1.165) is 19.3 Å². The Kier molecular flexibility index (Phi) is 1.23. The van der Waals surface area contributed by atoms with Crippen molar-refractivity contribution in [3.05, 3.63) is 23.4 Å². The monoisotopic (exact) mass is 133 g/mol. The minimum Gasteiger partial charge on any atom is -0.265 e. The summed E-state index contributed by atoms with van der Waals surface area (Å²) in [6.45, 7) is 4.01. The second kappa shape index (κ2) is 2.08. The van der Waals surface area contributed by atoms with Crippen molar-refractivity contribution < 1.29 is 0 Å². The molecule has 1 nitrogen and oxygen atoms in total. The van der Waals surface area contributed by atoms with Crippen molar-refractivity contribution in [3.8, 4) is 0 Å². The molecule has 10 heavy (non-hydrogen) atoms. The molecule has 0 atom stereocenters. The van der Waals surface area contributed by atoms with E-state index in [9.17, 15) is 0 Å². The summed E-state index contributed by atoms with van der Waals surface area (Å²) in [5.74, 6) is 0. The summed E-state index contributed by atoms with van der Waals surface area (Å²) in [7, 11) is 0. The van der Waals surface area contributed by atoms with Gasteiger partial charge < -0.3 is 0 Å². The van der Waals surface area contributed by atoms with Crippen molar-refractivity contribution in [2.75, 3.05) is 0 Å². The van der Waals surface area contributed by atoms with Crippen LogP contribution in [0.5, 0.6) is 0 Å². The molecule has 0 saturated heterocycles. The van der Waals surface area contributed by atoms with Gasteiger partial charge in [0, 0.05) is 11.9 Å². The van der Waals surface area contributed by atoms with Crippen molar-refractivity contribution in [1.82, 2.24) is 0 Å². The van der Waals surface area contributed by atoms with E-state index in [1.165, 1.54) is 23.3 Å². The first-order chi connectivity index (χ1) is 4.88. The molecule has 0 fully saturated rings. The van der Waals surface area contributed by atoms with Gasteiger partial charge in [0.25, 0.3) is 0 Å². The van der Waals surface area contributed by atoms with Gasteiger partial charge >= 0.3 is 0 Å². The molecule has 0 aromatic carbocycles. The van der Waals surface area contributed by atoms with Gasteiger partial charge in [-0.25, -0.2) is 0 Å².